The zero-order valence-corrected chi connectivity index (χ0v) is 10.4. The van der Waals surface area contributed by atoms with E-state index >= 15 is 0 Å². The van der Waals surface area contributed by atoms with Crippen LogP contribution in [0.2, 0.25) is 0 Å². The average molecular weight is 238 g/mol. The van der Waals surface area contributed by atoms with Crippen LogP contribution in [0.15, 0.2) is 0 Å². The van der Waals surface area contributed by atoms with Crippen molar-refractivity contribution in [1.82, 2.24) is 0 Å². The first kappa shape index (κ1) is 11.1. The molecule has 3 aliphatic rings. The molecule has 0 aromatic carbocycles. The van der Waals surface area contributed by atoms with Gasteiger partial charge in [0.15, 0.2) is 0 Å². The van der Waals surface area contributed by atoms with E-state index in [0.717, 1.165) is 12.8 Å². The summed E-state index contributed by atoms with van der Waals surface area (Å²) in [7, 11) is 0. The Morgan fingerprint density at radius 2 is 2.06 bits per heavy atom. The van der Waals surface area contributed by atoms with Crippen molar-refractivity contribution in [1.29, 1.82) is 0 Å². The van der Waals surface area contributed by atoms with Crippen molar-refractivity contribution >= 4 is 11.9 Å². The number of rotatable bonds is 1. The number of hydrogen-bond donors (Lipinski definition) is 0. The normalized spacial score (nSPS) is 42.8. The molecule has 0 aromatic heterocycles. The average Bonchev–Trinajstić information content (AvgIpc) is 2.73. The lowest BCUT2D eigenvalue weighted by molar-refractivity contribution is -0.165. The Labute approximate surface area is 101 Å². The summed E-state index contributed by atoms with van der Waals surface area (Å²) in [6.07, 6.45) is 1.87. The van der Waals surface area contributed by atoms with Crippen LogP contribution in [0.25, 0.3) is 0 Å². The second-order valence-corrected chi connectivity index (χ2v) is 6.46. The molecular weight excluding hydrogens is 220 g/mol. The highest BCUT2D eigenvalue weighted by Crippen LogP contribution is 2.58. The smallest absolute Gasteiger partial charge is 0.310 e. The molecule has 1 aliphatic heterocycles. The van der Waals surface area contributed by atoms with E-state index in [0.29, 0.717) is 0 Å². The lowest BCUT2D eigenvalue weighted by atomic mass is 9.80. The van der Waals surface area contributed by atoms with E-state index in [1.54, 1.807) is 0 Å². The molecule has 5 atom stereocenters. The standard InChI is InChI=1S/C13H18O4/c1-13(2,3)17-12(15)9-6-4-7-8(5-6)16-11(14)10(7)9/h6-10H,4-5H2,1-3H3. The van der Waals surface area contributed by atoms with Crippen LogP contribution in [0, 0.1) is 23.7 Å². The molecule has 3 rings (SSSR count). The van der Waals surface area contributed by atoms with E-state index in [9.17, 15) is 9.59 Å². The van der Waals surface area contributed by atoms with E-state index in [4.69, 9.17) is 9.47 Å². The Hall–Kier alpha value is -1.06. The van der Waals surface area contributed by atoms with E-state index < -0.39 is 5.60 Å². The maximum absolute atomic E-state index is 12.2. The number of fused-ring (bicyclic) bond motifs is 1. The summed E-state index contributed by atoms with van der Waals surface area (Å²) < 4.78 is 10.7. The lowest BCUT2D eigenvalue weighted by Gasteiger charge is -2.27. The maximum Gasteiger partial charge on any atom is 0.310 e. The quantitative estimate of drug-likeness (QED) is 0.650. The topological polar surface area (TPSA) is 52.6 Å². The summed E-state index contributed by atoms with van der Waals surface area (Å²) in [5.41, 5.74) is -0.485. The number of ether oxygens (including phenoxy) is 2. The van der Waals surface area contributed by atoms with E-state index in [-0.39, 0.29) is 41.7 Å². The lowest BCUT2D eigenvalue weighted by Crippen LogP contribution is -2.37. The summed E-state index contributed by atoms with van der Waals surface area (Å²) in [5, 5.41) is 0. The van der Waals surface area contributed by atoms with E-state index in [1.807, 2.05) is 20.8 Å². The van der Waals surface area contributed by atoms with Crippen molar-refractivity contribution in [3.05, 3.63) is 0 Å². The first-order valence-corrected chi connectivity index (χ1v) is 6.30. The van der Waals surface area contributed by atoms with Crippen molar-refractivity contribution in [2.24, 2.45) is 23.7 Å². The van der Waals surface area contributed by atoms with Crippen molar-refractivity contribution < 1.29 is 19.1 Å². The molecule has 2 aliphatic carbocycles. The Morgan fingerprint density at radius 1 is 1.35 bits per heavy atom. The van der Waals surface area contributed by atoms with Crippen LogP contribution in [0.3, 0.4) is 0 Å². The van der Waals surface area contributed by atoms with E-state index in [2.05, 4.69) is 0 Å². The zero-order valence-electron chi connectivity index (χ0n) is 10.4. The van der Waals surface area contributed by atoms with Crippen LogP contribution >= 0.6 is 0 Å². The first-order chi connectivity index (χ1) is 7.87. The van der Waals surface area contributed by atoms with Crippen molar-refractivity contribution in [3.8, 4) is 0 Å². The van der Waals surface area contributed by atoms with E-state index in [1.165, 1.54) is 0 Å². The summed E-state index contributed by atoms with van der Waals surface area (Å²) in [5.74, 6) is -0.330. The van der Waals surface area contributed by atoms with Crippen LogP contribution in [0.1, 0.15) is 33.6 Å². The molecule has 0 spiro atoms. The third-order valence-corrected chi connectivity index (χ3v) is 4.16. The van der Waals surface area contributed by atoms with Gasteiger partial charge in [-0.2, -0.15) is 0 Å². The minimum absolute atomic E-state index is 0.0798. The van der Waals surface area contributed by atoms with Crippen LogP contribution in [-0.4, -0.2) is 23.6 Å². The minimum Gasteiger partial charge on any atom is -0.462 e. The van der Waals surface area contributed by atoms with Crippen molar-refractivity contribution in [2.45, 2.75) is 45.3 Å². The van der Waals surface area contributed by atoms with Crippen molar-refractivity contribution in [2.75, 3.05) is 0 Å². The van der Waals surface area contributed by atoms with Crippen molar-refractivity contribution in [3.63, 3.8) is 0 Å². The molecule has 17 heavy (non-hydrogen) atoms. The van der Waals surface area contributed by atoms with Gasteiger partial charge in [0.05, 0.1) is 11.8 Å². The monoisotopic (exact) mass is 238 g/mol. The fourth-order valence-corrected chi connectivity index (χ4v) is 3.69. The van der Waals surface area contributed by atoms with Crippen LogP contribution in [0.5, 0.6) is 0 Å². The Bertz CT molecular complexity index is 379. The van der Waals surface area contributed by atoms with Gasteiger partial charge in [0.25, 0.3) is 0 Å². The Balaban J connectivity index is 1.81. The highest BCUT2D eigenvalue weighted by molar-refractivity contribution is 5.85. The first-order valence-electron chi connectivity index (χ1n) is 6.30. The molecule has 4 nitrogen and oxygen atoms in total. The third-order valence-electron chi connectivity index (χ3n) is 4.16. The molecule has 1 saturated heterocycles. The molecule has 3 fully saturated rings. The predicted octanol–water partition coefficient (Wildman–Crippen LogP) is 1.53. The van der Waals surface area contributed by atoms with Gasteiger partial charge in [-0.25, -0.2) is 0 Å². The maximum atomic E-state index is 12.2. The summed E-state index contributed by atoms with van der Waals surface area (Å²) >= 11 is 0. The summed E-state index contributed by atoms with van der Waals surface area (Å²) in [4.78, 5) is 23.9. The highest BCUT2D eigenvalue weighted by atomic mass is 16.6. The largest absolute Gasteiger partial charge is 0.462 e. The van der Waals surface area contributed by atoms with Gasteiger partial charge in [0.2, 0.25) is 0 Å². The van der Waals surface area contributed by atoms with Crippen LogP contribution in [0.4, 0.5) is 0 Å². The fourth-order valence-electron chi connectivity index (χ4n) is 3.69. The molecule has 0 aromatic rings. The molecule has 4 heteroatoms. The molecule has 0 N–H and O–H groups in total. The van der Waals surface area contributed by atoms with Crippen LogP contribution in [-0.2, 0) is 19.1 Å². The number of esters is 2. The molecule has 1 heterocycles. The van der Waals surface area contributed by atoms with Crippen LogP contribution < -0.4 is 0 Å². The van der Waals surface area contributed by atoms with Gasteiger partial charge >= 0.3 is 11.9 Å². The number of hydrogen-bond acceptors (Lipinski definition) is 4. The Kier molecular flexibility index (Phi) is 2.11. The zero-order chi connectivity index (χ0) is 12.4. The van der Waals surface area contributed by atoms with Gasteiger partial charge in [-0.15, -0.1) is 0 Å². The molecule has 0 radical (unpaired) electrons. The molecule has 0 amide bonds. The van der Waals surface area contributed by atoms with Gasteiger partial charge in [0.1, 0.15) is 11.7 Å². The molecule has 2 saturated carbocycles. The second kappa shape index (κ2) is 3.24. The minimum atomic E-state index is -0.485. The molecule has 2 bridgehead atoms. The fraction of sp³-hybridized carbons (Fsp3) is 0.846. The predicted molar refractivity (Wildman–Crippen MR) is 58.9 cm³/mol. The molecular formula is C13H18O4. The van der Waals surface area contributed by atoms with Gasteiger partial charge in [-0.1, -0.05) is 0 Å². The van der Waals surface area contributed by atoms with Gasteiger partial charge in [-0.3, -0.25) is 9.59 Å². The van der Waals surface area contributed by atoms with Gasteiger partial charge < -0.3 is 9.47 Å². The SMILES string of the molecule is CC(C)(C)OC(=O)C1C2CC3OC(=O)C1C3C2. The third kappa shape index (κ3) is 1.57. The molecule has 94 valence electrons. The second-order valence-electron chi connectivity index (χ2n) is 6.46. The van der Waals surface area contributed by atoms with Gasteiger partial charge in [0, 0.05) is 5.92 Å². The van der Waals surface area contributed by atoms with Gasteiger partial charge in [-0.05, 0) is 39.5 Å². The Morgan fingerprint density at radius 3 is 2.71 bits per heavy atom. The number of carbonyl (C=O) groups excluding carboxylic acids is 2. The highest BCUT2D eigenvalue weighted by Gasteiger charge is 2.64. The number of carbonyl (C=O) groups is 2. The summed E-state index contributed by atoms with van der Waals surface area (Å²) in [6, 6.07) is 0. The summed E-state index contributed by atoms with van der Waals surface area (Å²) in [6.45, 7) is 5.57. The molecule has 5 unspecified atom stereocenters.